The SMILES string of the molecule is CC(C)CNC(=O)C(C)NCc1c(F)cc(C#N)cc1F. The predicted octanol–water partition coefficient (Wildman–Crippen LogP) is 2.09. The van der Waals surface area contributed by atoms with E-state index in [1.165, 1.54) is 0 Å². The number of amides is 1. The van der Waals surface area contributed by atoms with E-state index in [9.17, 15) is 13.6 Å². The van der Waals surface area contributed by atoms with Crippen molar-refractivity contribution in [1.82, 2.24) is 10.6 Å². The summed E-state index contributed by atoms with van der Waals surface area (Å²) < 4.78 is 27.3. The van der Waals surface area contributed by atoms with E-state index in [0.717, 1.165) is 12.1 Å². The van der Waals surface area contributed by atoms with Crippen LogP contribution >= 0.6 is 0 Å². The fourth-order valence-corrected chi connectivity index (χ4v) is 1.64. The Morgan fingerprint density at radius 3 is 2.33 bits per heavy atom. The molecule has 0 spiro atoms. The number of benzene rings is 1. The van der Waals surface area contributed by atoms with Crippen LogP contribution in [0.5, 0.6) is 0 Å². The molecule has 0 saturated carbocycles. The topological polar surface area (TPSA) is 64.9 Å². The molecule has 0 fully saturated rings. The number of rotatable bonds is 6. The minimum Gasteiger partial charge on any atom is -0.354 e. The molecule has 0 bridgehead atoms. The number of carbonyl (C=O) groups is 1. The number of nitrogens with one attached hydrogen (secondary N) is 2. The zero-order valence-corrected chi connectivity index (χ0v) is 12.3. The van der Waals surface area contributed by atoms with Crippen molar-refractivity contribution in [3.63, 3.8) is 0 Å². The second-order valence-electron chi connectivity index (χ2n) is 5.27. The number of nitrogens with zero attached hydrogens (tertiary/aromatic N) is 1. The molecule has 21 heavy (non-hydrogen) atoms. The van der Waals surface area contributed by atoms with Gasteiger partial charge in [-0.1, -0.05) is 13.8 Å². The highest BCUT2D eigenvalue weighted by Crippen LogP contribution is 2.15. The summed E-state index contributed by atoms with van der Waals surface area (Å²) >= 11 is 0. The molecule has 0 aromatic heterocycles. The molecule has 0 heterocycles. The lowest BCUT2D eigenvalue weighted by molar-refractivity contribution is -0.122. The molecular formula is C15H19F2N3O. The normalized spacial score (nSPS) is 12.0. The molecule has 0 saturated heterocycles. The predicted molar refractivity (Wildman–Crippen MR) is 75.2 cm³/mol. The van der Waals surface area contributed by atoms with Gasteiger partial charge in [-0.2, -0.15) is 5.26 Å². The van der Waals surface area contributed by atoms with Crippen molar-refractivity contribution in [3.05, 3.63) is 34.9 Å². The molecule has 114 valence electrons. The van der Waals surface area contributed by atoms with Gasteiger partial charge in [0.1, 0.15) is 11.6 Å². The van der Waals surface area contributed by atoms with Crippen LogP contribution in [0.3, 0.4) is 0 Å². The molecule has 1 aromatic carbocycles. The van der Waals surface area contributed by atoms with E-state index in [1.54, 1.807) is 13.0 Å². The molecule has 1 amide bonds. The Bertz CT molecular complexity index is 529. The van der Waals surface area contributed by atoms with Crippen molar-refractivity contribution in [1.29, 1.82) is 5.26 Å². The zero-order valence-electron chi connectivity index (χ0n) is 12.3. The van der Waals surface area contributed by atoms with E-state index in [4.69, 9.17) is 5.26 Å². The molecule has 4 nitrogen and oxygen atoms in total. The van der Waals surface area contributed by atoms with Gasteiger partial charge in [0, 0.05) is 18.7 Å². The summed E-state index contributed by atoms with van der Waals surface area (Å²) in [6, 6.07) is 3.06. The van der Waals surface area contributed by atoms with Crippen molar-refractivity contribution in [3.8, 4) is 6.07 Å². The minimum absolute atomic E-state index is 0.0727. The first-order chi connectivity index (χ1) is 9.85. The van der Waals surface area contributed by atoms with Gasteiger partial charge in [0.25, 0.3) is 0 Å². The highest BCUT2D eigenvalue weighted by Gasteiger charge is 2.16. The fraction of sp³-hybridized carbons (Fsp3) is 0.467. The van der Waals surface area contributed by atoms with Crippen LogP contribution in [0.1, 0.15) is 31.9 Å². The average Bonchev–Trinajstić information content (AvgIpc) is 2.43. The molecule has 1 atom stereocenters. The summed E-state index contributed by atoms with van der Waals surface area (Å²) in [6.45, 7) is 5.99. The minimum atomic E-state index is -0.797. The third kappa shape index (κ3) is 5.12. The Labute approximate surface area is 123 Å². The van der Waals surface area contributed by atoms with Crippen LogP contribution in [0.4, 0.5) is 8.78 Å². The molecule has 0 aliphatic carbocycles. The zero-order chi connectivity index (χ0) is 16.0. The summed E-state index contributed by atoms with van der Waals surface area (Å²) in [7, 11) is 0. The van der Waals surface area contributed by atoms with E-state index >= 15 is 0 Å². The Morgan fingerprint density at radius 1 is 1.29 bits per heavy atom. The van der Waals surface area contributed by atoms with Gasteiger partial charge in [0.05, 0.1) is 17.7 Å². The molecule has 0 aliphatic heterocycles. The first-order valence-electron chi connectivity index (χ1n) is 6.74. The molecule has 1 unspecified atom stereocenters. The molecule has 6 heteroatoms. The maximum absolute atomic E-state index is 13.7. The third-order valence-corrected chi connectivity index (χ3v) is 2.93. The molecule has 2 N–H and O–H groups in total. The lowest BCUT2D eigenvalue weighted by atomic mass is 10.1. The van der Waals surface area contributed by atoms with Crippen LogP contribution in [0.25, 0.3) is 0 Å². The third-order valence-electron chi connectivity index (χ3n) is 2.93. The van der Waals surface area contributed by atoms with Gasteiger partial charge in [-0.15, -0.1) is 0 Å². The number of hydrogen-bond acceptors (Lipinski definition) is 3. The summed E-state index contributed by atoms with van der Waals surface area (Å²) in [4.78, 5) is 11.7. The van der Waals surface area contributed by atoms with Crippen molar-refractivity contribution in [2.45, 2.75) is 33.4 Å². The second-order valence-corrected chi connectivity index (χ2v) is 5.27. The van der Waals surface area contributed by atoms with Gasteiger partial charge in [-0.3, -0.25) is 4.79 Å². The molecule has 1 rings (SSSR count). The van der Waals surface area contributed by atoms with E-state index < -0.39 is 17.7 Å². The maximum Gasteiger partial charge on any atom is 0.236 e. The Hall–Kier alpha value is -2.00. The average molecular weight is 295 g/mol. The van der Waals surface area contributed by atoms with Gasteiger partial charge in [0.15, 0.2) is 0 Å². The van der Waals surface area contributed by atoms with E-state index in [1.807, 2.05) is 13.8 Å². The monoisotopic (exact) mass is 295 g/mol. The van der Waals surface area contributed by atoms with Crippen molar-refractivity contribution >= 4 is 5.91 Å². The van der Waals surface area contributed by atoms with Gasteiger partial charge < -0.3 is 10.6 Å². The first kappa shape index (κ1) is 17.1. The van der Waals surface area contributed by atoms with Crippen LogP contribution in [-0.2, 0) is 11.3 Å². The highest BCUT2D eigenvalue weighted by molar-refractivity contribution is 5.81. The molecule has 0 aliphatic rings. The van der Waals surface area contributed by atoms with Crippen LogP contribution in [-0.4, -0.2) is 18.5 Å². The van der Waals surface area contributed by atoms with Gasteiger partial charge in [-0.25, -0.2) is 8.78 Å². The fourth-order valence-electron chi connectivity index (χ4n) is 1.64. The number of nitriles is 1. The van der Waals surface area contributed by atoms with Gasteiger partial charge in [0.2, 0.25) is 5.91 Å². The maximum atomic E-state index is 13.7. The largest absolute Gasteiger partial charge is 0.354 e. The lowest BCUT2D eigenvalue weighted by Gasteiger charge is -2.15. The van der Waals surface area contributed by atoms with Crippen LogP contribution in [0.15, 0.2) is 12.1 Å². The molecular weight excluding hydrogens is 276 g/mol. The number of hydrogen-bond donors (Lipinski definition) is 2. The lowest BCUT2D eigenvalue weighted by Crippen LogP contribution is -2.43. The van der Waals surface area contributed by atoms with Crippen molar-refractivity contribution < 1.29 is 13.6 Å². The quantitative estimate of drug-likeness (QED) is 0.844. The van der Waals surface area contributed by atoms with Crippen LogP contribution < -0.4 is 10.6 Å². The van der Waals surface area contributed by atoms with Crippen LogP contribution in [0.2, 0.25) is 0 Å². The Morgan fingerprint density at radius 2 is 1.86 bits per heavy atom. The van der Waals surface area contributed by atoms with Gasteiger partial charge >= 0.3 is 0 Å². The van der Waals surface area contributed by atoms with Crippen molar-refractivity contribution in [2.75, 3.05) is 6.54 Å². The highest BCUT2D eigenvalue weighted by atomic mass is 19.1. The summed E-state index contributed by atoms with van der Waals surface area (Å²) in [6.07, 6.45) is 0. The first-order valence-corrected chi connectivity index (χ1v) is 6.74. The Kier molecular flexibility index (Phi) is 6.25. The van der Waals surface area contributed by atoms with E-state index in [-0.39, 0.29) is 23.6 Å². The Balaban J connectivity index is 2.63. The smallest absolute Gasteiger partial charge is 0.236 e. The molecule has 1 aromatic rings. The molecule has 0 radical (unpaired) electrons. The summed E-state index contributed by atoms with van der Waals surface area (Å²) in [5.74, 6) is -1.49. The standard InChI is InChI=1S/C15H19F2N3O/c1-9(2)7-20-15(21)10(3)19-8-12-13(16)4-11(6-18)5-14(12)17/h4-5,9-10,19H,7-8H2,1-3H3,(H,20,21). The number of carbonyl (C=O) groups excluding carboxylic acids is 1. The van der Waals surface area contributed by atoms with Gasteiger partial charge in [-0.05, 0) is 25.0 Å². The second kappa shape index (κ2) is 7.70. The summed E-state index contributed by atoms with van der Waals surface area (Å²) in [5.41, 5.74) is -0.256. The van der Waals surface area contributed by atoms with E-state index in [2.05, 4.69) is 10.6 Å². The van der Waals surface area contributed by atoms with Crippen molar-refractivity contribution in [2.24, 2.45) is 5.92 Å². The summed E-state index contributed by atoms with van der Waals surface area (Å²) in [5, 5.41) is 14.1. The number of halogens is 2. The van der Waals surface area contributed by atoms with Crippen LogP contribution in [0, 0.1) is 28.9 Å². The van der Waals surface area contributed by atoms with E-state index in [0.29, 0.717) is 12.5 Å².